The van der Waals surface area contributed by atoms with Gasteiger partial charge in [-0.15, -0.1) is 0 Å². The molecule has 23 heavy (non-hydrogen) atoms. The van der Waals surface area contributed by atoms with Crippen molar-refractivity contribution in [3.63, 3.8) is 0 Å². The van der Waals surface area contributed by atoms with Crippen molar-refractivity contribution in [1.29, 1.82) is 5.26 Å². The van der Waals surface area contributed by atoms with Gasteiger partial charge in [-0.1, -0.05) is 11.6 Å². The molecule has 0 radical (unpaired) electrons. The summed E-state index contributed by atoms with van der Waals surface area (Å²) in [7, 11) is -1.32. The molecule has 2 aromatic rings. The Balaban J connectivity index is 1.77. The smallest absolute Gasteiger partial charge is 0.251 e. The van der Waals surface area contributed by atoms with E-state index in [-0.39, 0.29) is 18.2 Å². The normalized spacial score (nSPS) is 11.3. The van der Waals surface area contributed by atoms with E-state index in [4.69, 9.17) is 16.9 Å². The molecule has 0 aliphatic heterocycles. The molecule has 1 unspecified atom stereocenters. The first kappa shape index (κ1) is 17.0. The maximum Gasteiger partial charge on any atom is 0.251 e. The summed E-state index contributed by atoms with van der Waals surface area (Å²) < 4.78 is 14.7. The summed E-state index contributed by atoms with van der Waals surface area (Å²) in [6.07, 6.45) is 0. The Morgan fingerprint density at radius 3 is 2.39 bits per heavy atom. The highest BCUT2D eigenvalue weighted by Gasteiger charge is 2.06. The van der Waals surface area contributed by atoms with Gasteiger partial charge in [0.05, 0.1) is 17.4 Å². The molecule has 5 nitrogen and oxygen atoms in total. The molecule has 2 aromatic carbocycles. The number of carbonyl (C=O) groups is 1. The molecule has 0 aliphatic rings. The largest absolute Gasteiger partial charge is 0.351 e. The first-order chi connectivity index (χ1) is 11.1. The van der Waals surface area contributed by atoms with Gasteiger partial charge in [0.25, 0.3) is 5.91 Å². The number of nitrogens with one attached hydrogen (secondary N) is 2. The number of rotatable bonds is 6. The Bertz CT molecular complexity index is 739. The second kappa shape index (κ2) is 8.32. The fourth-order valence-corrected chi connectivity index (χ4v) is 2.67. The van der Waals surface area contributed by atoms with Crippen molar-refractivity contribution in [1.82, 2.24) is 5.32 Å². The average molecular weight is 348 g/mol. The van der Waals surface area contributed by atoms with Gasteiger partial charge in [-0.25, -0.2) is 4.21 Å². The predicted octanol–water partition coefficient (Wildman–Crippen LogP) is 2.72. The van der Waals surface area contributed by atoms with Crippen LogP contribution in [0, 0.1) is 11.3 Å². The van der Waals surface area contributed by atoms with E-state index >= 15 is 0 Å². The molecule has 2 N–H and O–H groups in total. The van der Waals surface area contributed by atoms with Crippen LogP contribution in [0.3, 0.4) is 0 Å². The first-order valence-corrected chi connectivity index (χ1v) is 8.47. The zero-order chi connectivity index (χ0) is 16.7. The van der Waals surface area contributed by atoms with Crippen LogP contribution in [0.15, 0.2) is 48.5 Å². The van der Waals surface area contributed by atoms with Crippen LogP contribution in [0.1, 0.15) is 15.9 Å². The highest BCUT2D eigenvalue weighted by atomic mass is 35.5. The van der Waals surface area contributed by atoms with E-state index in [1.807, 2.05) is 6.07 Å². The van der Waals surface area contributed by atoms with Crippen molar-refractivity contribution < 1.29 is 9.00 Å². The maximum atomic E-state index is 11.9. The number of hydrogen-bond acceptors (Lipinski definition) is 3. The second-order valence-corrected chi connectivity index (χ2v) is 6.34. The van der Waals surface area contributed by atoms with Gasteiger partial charge < -0.3 is 10.0 Å². The van der Waals surface area contributed by atoms with E-state index in [0.29, 0.717) is 21.8 Å². The molecule has 0 heterocycles. The Kier molecular flexibility index (Phi) is 6.15. The third kappa shape index (κ3) is 5.40. The monoisotopic (exact) mass is 347 g/mol. The molecule has 0 aliphatic carbocycles. The quantitative estimate of drug-likeness (QED) is 0.842. The zero-order valence-corrected chi connectivity index (χ0v) is 13.7. The molecule has 0 saturated heterocycles. The van der Waals surface area contributed by atoms with Crippen molar-refractivity contribution in [2.45, 2.75) is 0 Å². The summed E-state index contributed by atoms with van der Waals surface area (Å²) in [5, 5.41) is 12.0. The Morgan fingerprint density at radius 1 is 1.13 bits per heavy atom. The molecule has 0 aromatic heterocycles. The Morgan fingerprint density at radius 2 is 1.78 bits per heavy atom. The van der Waals surface area contributed by atoms with E-state index in [1.54, 1.807) is 48.5 Å². The maximum absolute atomic E-state index is 11.9. The highest BCUT2D eigenvalue weighted by molar-refractivity contribution is 7.86. The molecule has 1 atom stereocenters. The summed E-state index contributed by atoms with van der Waals surface area (Å²) in [5.74, 6) is 0.0244. The number of anilines is 1. The van der Waals surface area contributed by atoms with Crippen molar-refractivity contribution >= 4 is 34.2 Å². The van der Waals surface area contributed by atoms with E-state index < -0.39 is 11.0 Å². The summed E-state index contributed by atoms with van der Waals surface area (Å²) >= 11 is 5.76. The van der Waals surface area contributed by atoms with Crippen LogP contribution in [0.2, 0.25) is 5.02 Å². The number of benzene rings is 2. The SMILES string of the molecule is N#Cc1ccc(NS(=O)CCNC(=O)c2ccc(Cl)cc2)cc1. The topological polar surface area (TPSA) is 82.0 Å². The molecular formula is C16H14ClN3O2S. The molecule has 1 amide bonds. The van der Waals surface area contributed by atoms with E-state index in [2.05, 4.69) is 10.0 Å². The van der Waals surface area contributed by atoms with E-state index in [0.717, 1.165) is 0 Å². The zero-order valence-electron chi connectivity index (χ0n) is 12.1. The molecule has 0 fully saturated rings. The number of hydrogen-bond donors (Lipinski definition) is 2. The lowest BCUT2D eigenvalue weighted by Crippen LogP contribution is -2.28. The summed E-state index contributed by atoms with van der Waals surface area (Å²) in [6.45, 7) is 0.275. The minimum Gasteiger partial charge on any atom is -0.351 e. The van der Waals surface area contributed by atoms with Crippen molar-refractivity contribution in [3.05, 3.63) is 64.7 Å². The predicted molar refractivity (Wildman–Crippen MR) is 91.6 cm³/mol. The van der Waals surface area contributed by atoms with Gasteiger partial charge in [-0.3, -0.25) is 4.79 Å². The van der Waals surface area contributed by atoms with Crippen LogP contribution in [0.5, 0.6) is 0 Å². The minimum atomic E-state index is -1.32. The van der Waals surface area contributed by atoms with Crippen LogP contribution in [-0.4, -0.2) is 22.4 Å². The van der Waals surface area contributed by atoms with Gasteiger partial charge in [0.2, 0.25) is 0 Å². The van der Waals surface area contributed by atoms with Gasteiger partial charge in [-0.05, 0) is 48.5 Å². The standard InChI is InChI=1S/C16H14ClN3O2S/c17-14-5-3-13(4-6-14)16(21)19-9-10-23(22)20-15-7-1-12(11-18)2-8-15/h1-8,20H,9-10H2,(H,19,21). The average Bonchev–Trinajstić information content (AvgIpc) is 2.56. The van der Waals surface area contributed by atoms with E-state index in [9.17, 15) is 9.00 Å². The molecule has 2 rings (SSSR count). The molecule has 0 spiro atoms. The molecule has 118 valence electrons. The number of carbonyl (C=O) groups excluding carboxylic acids is 1. The summed E-state index contributed by atoms with van der Waals surface area (Å²) in [5.41, 5.74) is 1.70. The first-order valence-electron chi connectivity index (χ1n) is 6.77. The summed E-state index contributed by atoms with van der Waals surface area (Å²) in [6, 6.07) is 15.2. The van der Waals surface area contributed by atoms with Crippen molar-refractivity contribution in [2.75, 3.05) is 17.0 Å². The molecule has 7 heteroatoms. The lowest BCUT2D eigenvalue weighted by molar-refractivity contribution is 0.0956. The number of nitriles is 1. The van der Waals surface area contributed by atoms with Crippen LogP contribution in [0.25, 0.3) is 0 Å². The minimum absolute atomic E-state index is 0.239. The second-order valence-electron chi connectivity index (χ2n) is 4.60. The number of halogens is 1. The van der Waals surface area contributed by atoms with Gasteiger partial charge in [0, 0.05) is 22.8 Å². The number of nitrogens with zero attached hydrogens (tertiary/aromatic N) is 1. The molecule has 0 bridgehead atoms. The van der Waals surface area contributed by atoms with Crippen molar-refractivity contribution in [2.24, 2.45) is 0 Å². The van der Waals surface area contributed by atoms with Gasteiger partial charge in [0.1, 0.15) is 11.0 Å². The van der Waals surface area contributed by atoms with Gasteiger partial charge >= 0.3 is 0 Å². The fraction of sp³-hybridized carbons (Fsp3) is 0.125. The third-order valence-corrected chi connectivity index (χ3v) is 4.22. The van der Waals surface area contributed by atoms with Gasteiger partial charge in [-0.2, -0.15) is 5.26 Å². The van der Waals surface area contributed by atoms with Crippen LogP contribution in [0.4, 0.5) is 5.69 Å². The lowest BCUT2D eigenvalue weighted by Gasteiger charge is -2.07. The lowest BCUT2D eigenvalue weighted by atomic mass is 10.2. The Hall–Kier alpha value is -2.36. The number of amides is 1. The van der Waals surface area contributed by atoms with E-state index in [1.165, 1.54) is 0 Å². The highest BCUT2D eigenvalue weighted by Crippen LogP contribution is 2.10. The molecule has 0 saturated carbocycles. The third-order valence-electron chi connectivity index (χ3n) is 2.93. The van der Waals surface area contributed by atoms with Gasteiger partial charge in [0.15, 0.2) is 0 Å². The fourth-order valence-electron chi connectivity index (χ4n) is 1.76. The van der Waals surface area contributed by atoms with Crippen LogP contribution < -0.4 is 10.0 Å². The Labute approximate surface area is 141 Å². The van der Waals surface area contributed by atoms with Crippen molar-refractivity contribution in [3.8, 4) is 6.07 Å². The molecular weight excluding hydrogens is 334 g/mol. The summed E-state index contributed by atoms with van der Waals surface area (Å²) in [4.78, 5) is 11.9. The van der Waals surface area contributed by atoms with Crippen LogP contribution in [-0.2, 0) is 11.0 Å². The van der Waals surface area contributed by atoms with Crippen LogP contribution >= 0.6 is 11.6 Å².